The second-order valence-corrected chi connectivity index (χ2v) is 5.71. The lowest BCUT2D eigenvalue weighted by molar-refractivity contribution is 1.39. The first-order valence-electron chi connectivity index (χ1n) is 7.14. The molecule has 4 N–H and O–H groups in total. The third kappa shape index (κ3) is 2.15. The molecule has 0 aliphatic rings. The third-order valence-electron chi connectivity index (χ3n) is 3.83. The molecule has 0 saturated carbocycles. The Hall–Kier alpha value is -2.85. The molecule has 0 radical (unpaired) electrons. The smallest absolute Gasteiger partial charge is 0.112 e. The van der Waals surface area contributed by atoms with Gasteiger partial charge in [0, 0.05) is 5.56 Å². The fraction of sp³-hybridized carbons (Fsp3) is 0. The van der Waals surface area contributed by atoms with Gasteiger partial charge in [-0.25, -0.2) is 9.97 Å². The number of halogens is 1. The van der Waals surface area contributed by atoms with Crippen molar-refractivity contribution in [3.8, 4) is 11.1 Å². The fourth-order valence-corrected chi connectivity index (χ4v) is 2.89. The number of benzene rings is 3. The van der Waals surface area contributed by atoms with Crippen LogP contribution in [0.2, 0.25) is 5.02 Å². The van der Waals surface area contributed by atoms with Crippen molar-refractivity contribution in [2.24, 2.45) is 0 Å². The summed E-state index contributed by atoms with van der Waals surface area (Å²) in [5, 5.41) is 0.413. The first kappa shape index (κ1) is 13.8. The Kier molecular flexibility index (Phi) is 3.06. The molecule has 0 aliphatic heterocycles. The quantitative estimate of drug-likeness (QED) is 0.405. The average molecular weight is 321 g/mol. The Morgan fingerprint density at radius 2 is 1.52 bits per heavy atom. The molecule has 0 amide bonds. The Labute approximate surface area is 137 Å². The van der Waals surface area contributed by atoms with Crippen LogP contribution in [0.15, 0.2) is 54.6 Å². The van der Waals surface area contributed by atoms with Gasteiger partial charge in [-0.3, -0.25) is 0 Å². The minimum absolute atomic E-state index is 0.413. The summed E-state index contributed by atoms with van der Waals surface area (Å²) in [6.07, 6.45) is 0. The Balaban J connectivity index is 2.19. The SMILES string of the molecule is Nc1cc(-c2ccccc2)c2nc3c(N)cccc3nc2c1Cl. The van der Waals surface area contributed by atoms with Crippen LogP contribution in [-0.4, -0.2) is 9.97 Å². The second-order valence-electron chi connectivity index (χ2n) is 5.33. The summed E-state index contributed by atoms with van der Waals surface area (Å²) in [6, 6.07) is 17.2. The van der Waals surface area contributed by atoms with Crippen molar-refractivity contribution in [1.29, 1.82) is 0 Å². The number of rotatable bonds is 1. The van der Waals surface area contributed by atoms with E-state index in [1.807, 2.05) is 54.6 Å². The van der Waals surface area contributed by atoms with E-state index in [0.717, 1.165) is 11.1 Å². The molecular formula is C18H13ClN4. The highest BCUT2D eigenvalue weighted by atomic mass is 35.5. The van der Waals surface area contributed by atoms with Crippen LogP contribution in [0.4, 0.5) is 11.4 Å². The van der Waals surface area contributed by atoms with Crippen LogP contribution in [0.5, 0.6) is 0 Å². The van der Waals surface area contributed by atoms with Gasteiger partial charge in [0.1, 0.15) is 11.0 Å². The minimum Gasteiger partial charge on any atom is -0.397 e. The molecule has 4 rings (SSSR count). The van der Waals surface area contributed by atoms with E-state index in [4.69, 9.17) is 28.1 Å². The maximum Gasteiger partial charge on any atom is 0.112 e. The zero-order valence-electron chi connectivity index (χ0n) is 12.1. The first-order chi connectivity index (χ1) is 11.1. The third-order valence-corrected chi connectivity index (χ3v) is 4.22. The van der Waals surface area contributed by atoms with Crippen LogP contribution < -0.4 is 11.5 Å². The molecule has 0 fully saturated rings. The summed E-state index contributed by atoms with van der Waals surface area (Å²) >= 11 is 6.37. The number of aromatic nitrogens is 2. The summed E-state index contributed by atoms with van der Waals surface area (Å²) < 4.78 is 0. The van der Waals surface area contributed by atoms with Crippen LogP contribution in [-0.2, 0) is 0 Å². The summed E-state index contributed by atoms with van der Waals surface area (Å²) in [6.45, 7) is 0. The van der Waals surface area contributed by atoms with Crippen molar-refractivity contribution < 1.29 is 0 Å². The van der Waals surface area contributed by atoms with E-state index in [1.165, 1.54) is 0 Å². The predicted molar refractivity (Wildman–Crippen MR) is 96.3 cm³/mol. The summed E-state index contributed by atoms with van der Waals surface area (Å²) in [5.41, 5.74) is 17.7. The molecule has 0 saturated heterocycles. The molecule has 0 bridgehead atoms. The highest BCUT2D eigenvalue weighted by Gasteiger charge is 2.15. The highest BCUT2D eigenvalue weighted by molar-refractivity contribution is 6.38. The van der Waals surface area contributed by atoms with Crippen molar-refractivity contribution in [3.63, 3.8) is 0 Å². The number of hydrogen-bond acceptors (Lipinski definition) is 4. The summed E-state index contributed by atoms with van der Waals surface area (Å²) in [4.78, 5) is 9.36. The fourth-order valence-electron chi connectivity index (χ4n) is 2.70. The molecule has 0 unspecified atom stereocenters. The van der Waals surface area contributed by atoms with Gasteiger partial charge in [0.15, 0.2) is 0 Å². The van der Waals surface area contributed by atoms with Crippen molar-refractivity contribution in [2.45, 2.75) is 0 Å². The van der Waals surface area contributed by atoms with E-state index >= 15 is 0 Å². The van der Waals surface area contributed by atoms with Gasteiger partial charge in [0.2, 0.25) is 0 Å². The predicted octanol–water partition coefficient (Wildman–Crippen LogP) is 4.27. The lowest BCUT2D eigenvalue weighted by atomic mass is 10.0. The summed E-state index contributed by atoms with van der Waals surface area (Å²) in [7, 11) is 0. The van der Waals surface area contributed by atoms with E-state index in [0.29, 0.717) is 38.5 Å². The number of nitrogen functional groups attached to an aromatic ring is 2. The molecule has 4 aromatic rings. The minimum atomic E-state index is 0.413. The first-order valence-corrected chi connectivity index (χ1v) is 7.52. The van der Waals surface area contributed by atoms with Crippen molar-refractivity contribution >= 4 is 45.0 Å². The monoisotopic (exact) mass is 320 g/mol. The normalized spacial score (nSPS) is 11.2. The zero-order valence-corrected chi connectivity index (χ0v) is 12.9. The van der Waals surface area contributed by atoms with Crippen molar-refractivity contribution in [2.75, 3.05) is 11.5 Å². The summed E-state index contributed by atoms with van der Waals surface area (Å²) in [5.74, 6) is 0. The van der Waals surface area contributed by atoms with E-state index in [9.17, 15) is 0 Å². The van der Waals surface area contributed by atoms with E-state index in [-0.39, 0.29) is 0 Å². The van der Waals surface area contributed by atoms with Crippen LogP contribution in [0.1, 0.15) is 0 Å². The van der Waals surface area contributed by atoms with Gasteiger partial charge in [-0.05, 0) is 23.8 Å². The van der Waals surface area contributed by atoms with Crippen LogP contribution in [0.3, 0.4) is 0 Å². The van der Waals surface area contributed by atoms with Crippen LogP contribution in [0.25, 0.3) is 33.2 Å². The van der Waals surface area contributed by atoms with Gasteiger partial charge in [-0.2, -0.15) is 0 Å². The van der Waals surface area contributed by atoms with Gasteiger partial charge >= 0.3 is 0 Å². The van der Waals surface area contributed by atoms with Crippen molar-refractivity contribution in [3.05, 3.63) is 59.6 Å². The molecule has 1 aromatic heterocycles. The Morgan fingerprint density at radius 3 is 2.30 bits per heavy atom. The van der Waals surface area contributed by atoms with Gasteiger partial charge in [-0.1, -0.05) is 48.0 Å². The zero-order chi connectivity index (χ0) is 16.0. The maximum atomic E-state index is 6.37. The molecule has 5 heteroatoms. The molecule has 0 spiro atoms. The Bertz CT molecular complexity index is 1050. The van der Waals surface area contributed by atoms with Gasteiger partial charge in [-0.15, -0.1) is 0 Å². The van der Waals surface area contributed by atoms with Gasteiger partial charge in [0.05, 0.1) is 27.4 Å². The second kappa shape index (κ2) is 5.11. The number of anilines is 2. The molecule has 0 aliphatic carbocycles. The number of hydrogen-bond donors (Lipinski definition) is 2. The van der Waals surface area contributed by atoms with Gasteiger partial charge < -0.3 is 11.5 Å². The molecule has 0 atom stereocenters. The van der Waals surface area contributed by atoms with E-state index in [2.05, 4.69) is 4.98 Å². The molecule has 112 valence electrons. The van der Waals surface area contributed by atoms with Crippen LogP contribution in [0, 0.1) is 0 Å². The number of para-hydroxylation sites is 1. The maximum absolute atomic E-state index is 6.37. The average Bonchev–Trinajstić information content (AvgIpc) is 2.58. The molecule has 3 aromatic carbocycles. The highest BCUT2D eigenvalue weighted by Crippen LogP contribution is 2.36. The molecular weight excluding hydrogens is 308 g/mol. The number of fused-ring (bicyclic) bond motifs is 2. The largest absolute Gasteiger partial charge is 0.397 e. The van der Waals surface area contributed by atoms with Crippen molar-refractivity contribution in [1.82, 2.24) is 9.97 Å². The molecule has 4 nitrogen and oxygen atoms in total. The lowest BCUT2D eigenvalue weighted by Crippen LogP contribution is -1.97. The van der Waals surface area contributed by atoms with E-state index < -0.39 is 0 Å². The van der Waals surface area contributed by atoms with E-state index in [1.54, 1.807) is 0 Å². The Morgan fingerprint density at radius 1 is 0.739 bits per heavy atom. The standard InChI is InChI=1S/C18H13ClN4/c19-15-13(21)9-11(10-5-2-1-3-6-10)16-18(15)22-14-8-4-7-12(20)17(14)23-16/h1-9H,20-21H2. The van der Waals surface area contributed by atoms with Crippen LogP contribution >= 0.6 is 11.6 Å². The molecule has 23 heavy (non-hydrogen) atoms. The van der Waals surface area contributed by atoms with Gasteiger partial charge in [0.25, 0.3) is 0 Å². The topological polar surface area (TPSA) is 77.8 Å². The number of nitrogens with zero attached hydrogens (tertiary/aromatic N) is 2. The number of nitrogens with two attached hydrogens (primary N) is 2. The lowest BCUT2D eigenvalue weighted by Gasteiger charge is -2.11. The molecule has 1 heterocycles.